The summed E-state index contributed by atoms with van der Waals surface area (Å²) < 4.78 is 2.09. The Labute approximate surface area is 293 Å². The number of fused-ring (bicyclic) bond motifs is 1. The van der Waals surface area contributed by atoms with Crippen LogP contribution in [0.25, 0.3) is 39.5 Å². The molecule has 5 heterocycles. The molecule has 7 rings (SSSR count). The van der Waals surface area contributed by atoms with Crippen molar-refractivity contribution >= 4 is 47.6 Å². The quantitative estimate of drug-likeness (QED) is 0.0837. The lowest BCUT2D eigenvalue weighted by atomic mass is 9.79. The first-order chi connectivity index (χ1) is 24.1. The van der Waals surface area contributed by atoms with E-state index in [-0.39, 0.29) is 11.4 Å². The van der Waals surface area contributed by atoms with E-state index in [9.17, 15) is 0 Å². The molecule has 2 fully saturated rings. The summed E-state index contributed by atoms with van der Waals surface area (Å²) in [6.07, 6.45) is 6.58. The Bertz CT molecular complexity index is 1940. The molecular weight excluding hydrogens is 632 g/mol. The lowest BCUT2D eigenvalue weighted by Crippen LogP contribution is -2.47. The van der Waals surface area contributed by atoms with Crippen LogP contribution >= 0.6 is 11.6 Å². The molecule has 10 nitrogen and oxygen atoms in total. The smallest absolute Gasteiger partial charge is 0.223 e. The first-order valence-electron chi connectivity index (χ1n) is 16.9. The molecule has 2 saturated heterocycles. The molecule has 0 saturated carbocycles. The summed E-state index contributed by atoms with van der Waals surface area (Å²) >= 11 is 5.95. The number of rotatable bonds is 7. The molecule has 5 aromatic rings. The van der Waals surface area contributed by atoms with E-state index in [4.69, 9.17) is 27.3 Å². The summed E-state index contributed by atoms with van der Waals surface area (Å²) in [4.78, 5) is 31.8. The molecule has 1 atom stereocenters. The minimum Gasteiger partial charge on any atom is -0.383 e. The molecule has 0 bridgehead atoms. The Hall–Kier alpha value is -4.93. The van der Waals surface area contributed by atoms with Gasteiger partial charge in [-0.1, -0.05) is 56.3 Å². The number of hydrogen-bond donors (Lipinski definition) is 1. The fourth-order valence-corrected chi connectivity index (χ4v) is 7.12. The van der Waals surface area contributed by atoms with Gasteiger partial charge in [0, 0.05) is 49.0 Å². The minimum atomic E-state index is 0.172. The van der Waals surface area contributed by atoms with Gasteiger partial charge in [0.15, 0.2) is 11.5 Å². The SMILES string of the molecule is C=N/C=N\C(=N/CCl)N1CCCC2(CCN(Cc3ccc(-n4c(-c5cccnc5N)nc5ccc(-c6ccccc6)nc54)cc3)C2)C1.CC. The zero-order chi connectivity index (χ0) is 34.2. The number of anilines is 1. The van der Waals surface area contributed by atoms with Gasteiger partial charge in [-0.15, -0.1) is 11.6 Å². The van der Waals surface area contributed by atoms with Crippen LogP contribution in [0.1, 0.15) is 38.7 Å². The van der Waals surface area contributed by atoms with E-state index in [1.165, 1.54) is 18.3 Å². The van der Waals surface area contributed by atoms with E-state index in [1.807, 2.05) is 56.3 Å². The van der Waals surface area contributed by atoms with Crippen LogP contribution in [0.4, 0.5) is 5.82 Å². The number of nitrogen functional groups attached to an aromatic ring is 1. The molecule has 0 radical (unpaired) electrons. The second kappa shape index (κ2) is 15.5. The maximum absolute atomic E-state index is 6.36. The average Bonchev–Trinajstić information content (AvgIpc) is 3.72. The molecule has 11 heteroatoms. The van der Waals surface area contributed by atoms with Crippen LogP contribution < -0.4 is 5.73 Å². The number of alkyl halides is 1. The lowest BCUT2D eigenvalue weighted by Gasteiger charge is -2.41. The molecule has 2 aromatic carbocycles. The van der Waals surface area contributed by atoms with Crippen molar-refractivity contribution in [3.63, 3.8) is 0 Å². The van der Waals surface area contributed by atoms with Gasteiger partial charge in [0.05, 0.1) is 11.3 Å². The van der Waals surface area contributed by atoms with Gasteiger partial charge < -0.3 is 10.6 Å². The monoisotopic (exact) mass is 674 g/mol. The number of guanidine groups is 1. The third-order valence-corrected chi connectivity index (χ3v) is 9.29. The second-order valence-electron chi connectivity index (χ2n) is 12.3. The minimum absolute atomic E-state index is 0.172. The summed E-state index contributed by atoms with van der Waals surface area (Å²) in [5, 5.41) is 0. The number of benzene rings is 2. The van der Waals surface area contributed by atoms with Gasteiger partial charge in [-0.05, 0) is 74.5 Å². The number of aromatic nitrogens is 4. The summed E-state index contributed by atoms with van der Waals surface area (Å²) in [5.41, 5.74) is 13.1. The van der Waals surface area contributed by atoms with Crippen molar-refractivity contribution in [2.24, 2.45) is 20.4 Å². The number of halogens is 1. The second-order valence-corrected chi connectivity index (χ2v) is 12.5. The third kappa shape index (κ3) is 7.40. The Morgan fingerprint density at radius 1 is 0.959 bits per heavy atom. The van der Waals surface area contributed by atoms with Crippen LogP contribution in [0, 0.1) is 5.41 Å². The highest BCUT2D eigenvalue weighted by molar-refractivity contribution is 6.18. The van der Waals surface area contributed by atoms with Crippen LogP contribution in [0.15, 0.2) is 100 Å². The first kappa shape index (κ1) is 34.0. The molecule has 2 aliphatic heterocycles. The number of nitrogens with zero attached hydrogens (tertiary/aromatic N) is 9. The number of likely N-dealkylation sites (tertiary alicyclic amines) is 2. The molecule has 252 valence electrons. The first-order valence-corrected chi connectivity index (χ1v) is 17.4. The largest absolute Gasteiger partial charge is 0.383 e. The van der Waals surface area contributed by atoms with Gasteiger partial charge in [-0.3, -0.25) is 14.5 Å². The van der Waals surface area contributed by atoms with E-state index in [0.717, 1.165) is 79.2 Å². The van der Waals surface area contributed by atoms with Gasteiger partial charge in [-0.25, -0.2) is 24.9 Å². The van der Waals surface area contributed by atoms with Gasteiger partial charge in [0.25, 0.3) is 0 Å². The van der Waals surface area contributed by atoms with Gasteiger partial charge in [-0.2, -0.15) is 0 Å². The maximum atomic E-state index is 6.36. The Morgan fingerprint density at radius 2 is 1.78 bits per heavy atom. The van der Waals surface area contributed by atoms with Crippen LogP contribution in [-0.4, -0.2) is 80.5 Å². The number of piperidine rings is 1. The summed E-state index contributed by atoms with van der Waals surface area (Å²) in [7, 11) is 0. The van der Waals surface area contributed by atoms with Crippen LogP contribution in [0.5, 0.6) is 0 Å². The Balaban J connectivity index is 0.00000205. The zero-order valence-corrected chi connectivity index (χ0v) is 29.0. The van der Waals surface area contributed by atoms with Crippen molar-refractivity contribution in [2.75, 3.05) is 37.9 Å². The van der Waals surface area contributed by atoms with Crippen LogP contribution in [-0.2, 0) is 6.54 Å². The van der Waals surface area contributed by atoms with E-state index < -0.39 is 0 Å². The van der Waals surface area contributed by atoms with Crippen molar-refractivity contribution < 1.29 is 0 Å². The molecule has 1 spiro atoms. The third-order valence-electron chi connectivity index (χ3n) is 9.17. The molecule has 49 heavy (non-hydrogen) atoms. The number of aliphatic imine (C=N–C) groups is 3. The Morgan fingerprint density at radius 3 is 2.53 bits per heavy atom. The molecule has 2 N–H and O–H groups in total. The Kier molecular flexibility index (Phi) is 10.8. The molecular formula is C38H43ClN10. The number of hydrogen-bond acceptors (Lipinski definition) is 6. The predicted octanol–water partition coefficient (Wildman–Crippen LogP) is 7.33. The lowest BCUT2D eigenvalue weighted by molar-refractivity contribution is 0.138. The van der Waals surface area contributed by atoms with E-state index in [1.54, 1.807) is 6.20 Å². The zero-order valence-electron chi connectivity index (χ0n) is 28.2. The predicted molar refractivity (Wildman–Crippen MR) is 203 cm³/mol. The number of imidazole rings is 1. The normalized spacial score (nSPS) is 18.3. The number of pyridine rings is 2. The number of nitrogens with two attached hydrogens (primary N) is 1. The van der Waals surface area contributed by atoms with Crippen molar-refractivity contribution in [3.05, 3.63) is 90.6 Å². The van der Waals surface area contributed by atoms with E-state index in [2.05, 4.69) is 77.4 Å². The van der Waals surface area contributed by atoms with Crippen molar-refractivity contribution in [2.45, 2.75) is 39.7 Å². The summed E-state index contributed by atoms with van der Waals surface area (Å²) in [5.74, 6) is 1.79. The standard InChI is InChI=1S/C36H37ClN10.C2H6/c1-39-25-42-35(41-24-37)46-19-6-16-36(23-46)17-20-45(22-36)21-26-10-12-28(13-11-26)47-33(29-9-5-18-40-32(29)38)44-31-15-14-30(43-34(31)47)27-7-3-2-4-8-27;1-2/h2-5,7-15,18,25H,1,6,16-17,19-24H2,(H2,38,40);1-2H3/b41-35+,42-25-;. The highest BCUT2D eigenvalue weighted by Gasteiger charge is 2.42. The van der Waals surface area contributed by atoms with E-state index >= 15 is 0 Å². The molecule has 3 aromatic heterocycles. The van der Waals surface area contributed by atoms with Gasteiger partial charge >= 0.3 is 0 Å². The fraction of sp³-hybridized carbons (Fsp3) is 0.316. The average molecular weight is 675 g/mol. The highest BCUT2D eigenvalue weighted by atomic mass is 35.5. The van der Waals surface area contributed by atoms with Gasteiger partial charge in [0.1, 0.15) is 23.7 Å². The van der Waals surface area contributed by atoms with Gasteiger partial charge in [0.2, 0.25) is 5.96 Å². The van der Waals surface area contributed by atoms with E-state index in [0.29, 0.717) is 17.6 Å². The highest BCUT2D eigenvalue weighted by Crippen LogP contribution is 2.40. The van der Waals surface area contributed by atoms with Crippen LogP contribution in [0.3, 0.4) is 0 Å². The fourth-order valence-electron chi connectivity index (χ4n) is 7.01. The molecule has 0 amide bonds. The molecule has 2 aliphatic rings. The van der Waals surface area contributed by atoms with Crippen LogP contribution in [0.2, 0.25) is 0 Å². The van der Waals surface area contributed by atoms with Crippen molar-refractivity contribution in [3.8, 4) is 28.3 Å². The summed E-state index contributed by atoms with van der Waals surface area (Å²) in [6.45, 7) is 12.3. The van der Waals surface area contributed by atoms with Crippen molar-refractivity contribution in [1.82, 2.24) is 29.3 Å². The van der Waals surface area contributed by atoms with Crippen molar-refractivity contribution in [1.29, 1.82) is 0 Å². The molecule has 1 unspecified atom stereocenters. The maximum Gasteiger partial charge on any atom is 0.223 e. The topological polar surface area (TPSA) is 113 Å². The summed E-state index contributed by atoms with van der Waals surface area (Å²) in [6, 6.07) is 27.0. The molecule has 0 aliphatic carbocycles.